The highest BCUT2D eigenvalue weighted by atomic mass is 32.2. The fourth-order valence-electron chi connectivity index (χ4n) is 3.89. The topological polar surface area (TPSA) is 81.2 Å². The second kappa shape index (κ2) is 8.76. The number of piperazine rings is 1. The zero-order valence-corrected chi connectivity index (χ0v) is 17.6. The van der Waals surface area contributed by atoms with Crippen LogP contribution in [0.15, 0.2) is 24.3 Å². The number of rotatable bonds is 6. The summed E-state index contributed by atoms with van der Waals surface area (Å²) in [7, 11) is -3.53. The van der Waals surface area contributed by atoms with Crippen LogP contribution in [0.3, 0.4) is 0 Å². The number of benzene rings is 1. The van der Waals surface area contributed by atoms with Gasteiger partial charge in [-0.05, 0) is 12.1 Å². The van der Waals surface area contributed by atoms with E-state index >= 15 is 0 Å². The summed E-state index contributed by atoms with van der Waals surface area (Å²) in [5.74, 6) is -1.51. The van der Waals surface area contributed by atoms with Gasteiger partial charge in [0.05, 0.1) is 11.6 Å². The molecule has 2 fully saturated rings. The average Bonchev–Trinajstić information content (AvgIpc) is 3.10. The Morgan fingerprint density at radius 2 is 1.76 bits per heavy atom. The molecule has 2 saturated heterocycles. The number of anilines is 1. The molecule has 1 aromatic carbocycles. The maximum atomic E-state index is 14.0. The van der Waals surface area contributed by atoms with Crippen LogP contribution in [0.1, 0.15) is 20.3 Å². The lowest BCUT2D eigenvalue weighted by atomic mass is 10.1. The zero-order chi connectivity index (χ0) is 21.2. The van der Waals surface area contributed by atoms with Gasteiger partial charge < -0.3 is 9.80 Å². The van der Waals surface area contributed by atoms with E-state index in [1.54, 1.807) is 30.9 Å². The minimum atomic E-state index is -3.53. The van der Waals surface area contributed by atoms with Crippen molar-refractivity contribution < 1.29 is 22.4 Å². The number of hydrogen-bond donors (Lipinski definition) is 0. The molecule has 2 amide bonds. The second-order valence-corrected chi connectivity index (χ2v) is 9.10. The third-order valence-electron chi connectivity index (χ3n) is 5.53. The van der Waals surface area contributed by atoms with Crippen LogP contribution >= 0.6 is 0 Å². The van der Waals surface area contributed by atoms with E-state index in [2.05, 4.69) is 0 Å². The van der Waals surface area contributed by atoms with Gasteiger partial charge in [-0.3, -0.25) is 9.59 Å². The van der Waals surface area contributed by atoms with Crippen LogP contribution in [0.4, 0.5) is 10.1 Å². The van der Waals surface area contributed by atoms with Crippen LogP contribution in [-0.2, 0) is 19.8 Å². The first-order valence-electron chi connectivity index (χ1n) is 9.88. The highest BCUT2D eigenvalue weighted by Gasteiger charge is 2.40. The first-order valence-corrected chi connectivity index (χ1v) is 11.3. The predicted octanol–water partition coefficient (Wildman–Crippen LogP) is 0.909. The number of nitrogens with zero attached hydrogens (tertiary/aromatic N) is 4. The smallest absolute Gasteiger partial charge is 0.282 e. The van der Waals surface area contributed by atoms with E-state index in [0.29, 0.717) is 13.1 Å². The van der Waals surface area contributed by atoms with Crippen LogP contribution in [0.25, 0.3) is 0 Å². The number of amides is 2. The summed E-state index contributed by atoms with van der Waals surface area (Å²) in [6.07, 6.45) is 0.0329. The molecule has 0 aliphatic carbocycles. The minimum absolute atomic E-state index is 0.0329. The van der Waals surface area contributed by atoms with Crippen LogP contribution in [0.5, 0.6) is 0 Å². The summed E-state index contributed by atoms with van der Waals surface area (Å²) >= 11 is 0. The molecule has 3 rings (SSSR count). The maximum absolute atomic E-state index is 14.0. The molecule has 8 nitrogen and oxygen atoms in total. The van der Waals surface area contributed by atoms with Crippen molar-refractivity contribution in [3.63, 3.8) is 0 Å². The molecule has 2 aliphatic heterocycles. The lowest BCUT2D eigenvalue weighted by Gasteiger charge is -2.37. The van der Waals surface area contributed by atoms with Gasteiger partial charge in [0.2, 0.25) is 11.8 Å². The average molecular weight is 427 g/mol. The molecule has 0 spiro atoms. The van der Waals surface area contributed by atoms with E-state index in [0.717, 1.165) is 0 Å². The molecule has 2 heterocycles. The van der Waals surface area contributed by atoms with Gasteiger partial charge in [0.15, 0.2) is 0 Å². The molecular formula is C19H27FN4O4S. The van der Waals surface area contributed by atoms with E-state index in [4.69, 9.17) is 0 Å². The molecule has 0 N–H and O–H groups in total. The normalized spacial score (nSPS) is 21.2. The fourth-order valence-corrected chi connectivity index (χ4v) is 5.49. The van der Waals surface area contributed by atoms with Crippen LogP contribution < -0.4 is 4.90 Å². The van der Waals surface area contributed by atoms with E-state index in [-0.39, 0.29) is 56.6 Å². The summed E-state index contributed by atoms with van der Waals surface area (Å²) in [6.45, 7) is 5.52. The Hall–Kier alpha value is -2.04. The molecule has 0 aromatic heterocycles. The Morgan fingerprint density at radius 3 is 2.34 bits per heavy atom. The Labute approximate surface area is 171 Å². The number of para-hydroxylation sites is 1. The lowest BCUT2D eigenvalue weighted by Crippen LogP contribution is -2.55. The molecule has 0 saturated carbocycles. The lowest BCUT2D eigenvalue weighted by molar-refractivity contribution is -0.137. The van der Waals surface area contributed by atoms with Crippen molar-refractivity contribution >= 4 is 27.7 Å². The molecule has 10 heteroatoms. The second-order valence-electron chi connectivity index (χ2n) is 7.17. The van der Waals surface area contributed by atoms with Gasteiger partial charge in [-0.25, -0.2) is 4.39 Å². The summed E-state index contributed by atoms with van der Waals surface area (Å²) in [5, 5.41) is 0. The SMILES string of the molecule is CCN(CC)S(=O)(=O)N1CCN(C(=O)C2CC(=O)N(c3ccccc3F)C2)CC1. The van der Waals surface area contributed by atoms with Crippen LogP contribution in [0.2, 0.25) is 0 Å². The molecule has 1 aromatic rings. The van der Waals surface area contributed by atoms with E-state index in [1.165, 1.54) is 25.6 Å². The summed E-state index contributed by atoms with van der Waals surface area (Å²) in [6, 6.07) is 6.01. The van der Waals surface area contributed by atoms with Gasteiger partial charge in [0.1, 0.15) is 5.82 Å². The molecule has 1 atom stereocenters. The maximum Gasteiger partial charge on any atom is 0.282 e. The third kappa shape index (κ3) is 4.29. The first-order chi connectivity index (χ1) is 13.8. The Balaban J connectivity index is 1.62. The number of carbonyl (C=O) groups excluding carboxylic acids is 2. The van der Waals surface area contributed by atoms with Crippen molar-refractivity contribution in [2.45, 2.75) is 20.3 Å². The van der Waals surface area contributed by atoms with E-state index < -0.39 is 21.9 Å². The van der Waals surface area contributed by atoms with Crippen molar-refractivity contribution in [2.75, 3.05) is 50.7 Å². The molecule has 2 aliphatic rings. The van der Waals surface area contributed by atoms with Crippen LogP contribution in [-0.4, -0.2) is 79.6 Å². The van der Waals surface area contributed by atoms with Gasteiger partial charge in [0.25, 0.3) is 10.2 Å². The number of carbonyl (C=O) groups is 2. The van der Waals surface area contributed by atoms with Crippen molar-refractivity contribution in [2.24, 2.45) is 5.92 Å². The molecule has 0 radical (unpaired) electrons. The molecular weight excluding hydrogens is 399 g/mol. The summed E-state index contributed by atoms with van der Waals surface area (Å²) in [5.41, 5.74) is 0.183. The molecule has 160 valence electrons. The van der Waals surface area contributed by atoms with E-state index in [1.807, 2.05) is 0 Å². The van der Waals surface area contributed by atoms with E-state index in [9.17, 15) is 22.4 Å². The van der Waals surface area contributed by atoms with Crippen molar-refractivity contribution in [3.8, 4) is 0 Å². The predicted molar refractivity (Wildman–Crippen MR) is 107 cm³/mol. The van der Waals surface area contributed by atoms with Gasteiger partial charge in [-0.1, -0.05) is 26.0 Å². The minimum Gasteiger partial charge on any atom is -0.340 e. The fraction of sp³-hybridized carbons (Fsp3) is 0.579. The Bertz CT molecular complexity index is 867. The van der Waals surface area contributed by atoms with Gasteiger partial charge in [-0.2, -0.15) is 17.0 Å². The third-order valence-corrected chi connectivity index (χ3v) is 7.71. The number of hydrogen-bond acceptors (Lipinski definition) is 4. The van der Waals surface area contributed by atoms with Crippen molar-refractivity contribution in [3.05, 3.63) is 30.1 Å². The van der Waals surface area contributed by atoms with Crippen molar-refractivity contribution in [1.82, 2.24) is 13.5 Å². The highest BCUT2D eigenvalue weighted by molar-refractivity contribution is 7.86. The standard InChI is InChI=1S/C19H27FN4O4S/c1-3-22(4-2)29(27,28)23-11-9-21(10-12-23)19(26)15-13-18(25)24(14-15)17-8-6-5-7-16(17)20/h5-8,15H,3-4,9-14H2,1-2H3. The summed E-state index contributed by atoms with van der Waals surface area (Å²) in [4.78, 5) is 28.2. The quantitative estimate of drug-likeness (QED) is 0.677. The van der Waals surface area contributed by atoms with Gasteiger partial charge in [-0.15, -0.1) is 0 Å². The first kappa shape index (κ1) is 21.7. The Kier molecular flexibility index (Phi) is 6.55. The zero-order valence-electron chi connectivity index (χ0n) is 16.8. The van der Waals surface area contributed by atoms with Gasteiger partial charge >= 0.3 is 0 Å². The monoisotopic (exact) mass is 426 g/mol. The number of halogens is 1. The molecule has 0 bridgehead atoms. The van der Waals surface area contributed by atoms with Crippen molar-refractivity contribution in [1.29, 1.82) is 0 Å². The molecule has 1 unspecified atom stereocenters. The van der Waals surface area contributed by atoms with Gasteiger partial charge in [0, 0.05) is 52.2 Å². The summed E-state index contributed by atoms with van der Waals surface area (Å²) < 4.78 is 42.0. The van der Waals surface area contributed by atoms with Crippen LogP contribution in [0, 0.1) is 11.7 Å². The Morgan fingerprint density at radius 1 is 1.14 bits per heavy atom. The highest BCUT2D eigenvalue weighted by Crippen LogP contribution is 2.28. The largest absolute Gasteiger partial charge is 0.340 e. The molecule has 29 heavy (non-hydrogen) atoms.